The van der Waals surface area contributed by atoms with Crippen molar-refractivity contribution in [3.8, 4) is 11.5 Å². The lowest BCUT2D eigenvalue weighted by atomic mass is 9.90. The zero-order valence-electron chi connectivity index (χ0n) is 13.3. The Kier molecular flexibility index (Phi) is 6.33. The second-order valence-corrected chi connectivity index (χ2v) is 5.83. The molecule has 1 saturated heterocycles. The first-order valence-corrected chi connectivity index (χ1v) is 7.89. The molecule has 1 aromatic carbocycles. The molecule has 118 valence electrons. The Morgan fingerprint density at radius 2 is 1.71 bits per heavy atom. The Balaban J connectivity index is 1.83. The predicted molar refractivity (Wildman–Crippen MR) is 86.1 cm³/mol. The third-order valence-electron chi connectivity index (χ3n) is 4.40. The van der Waals surface area contributed by atoms with Gasteiger partial charge in [0, 0.05) is 19.2 Å². The Hall–Kier alpha value is -1.26. The third-order valence-corrected chi connectivity index (χ3v) is 4.40. The zero-order valence-corrected chi connectivity index (χ0v) is 13.3. The van der Waals surface area contributed by atoms with Crippen LogP contribution in [0.1, 0.15) is 24.8 Å². The molecule has 0 spiro atoms. The van der Waals surface area contributed by atoms with Crippen molar-refractivity contribution in [3.05, 3.63) is 23.8 Å². The van der Waals surface area contributed by atoms with Crippen LogP contribution in [0.4, 0.5) is 0 Å². The topological polar surface area (TPSA) is 47.7 Å². The van der Waals surface area contributed by atoms with Crippen molar-refractivity contribution in [1.29, 1.82) is 0 Å². The predicted octanol–water partition coefficient (Wildman–Crippen LogP) is 2.31. The molecule has 0 aliphatic carbocycles. The first-order valence-electron chi connectivity index (χ1n) is 7.89. The van der Waals surface area contributed by atoms with Crippen LogP contribution in [0, 0.1) is 5.92 Å². The first kappa shape index (κ1) is 16.1. The van der Waals surface area contributed by atoms with Crippen molar-refractivity contribution >= 4 is 0 Å². The van der Waals surface area contributed by atoms with E-state index in [1.54, 1.807) is 14.2 Å². The van der Waals surface area contributed by atoms with Crippen LogP contribution in [0.15, 0.2) is 18.2 Å². The smallest absolute Gasteiger partial charge is 0.122 e. The number of rotatable bonds is 7. The van der Waals surface area contributed by atoms with Crippen LogP contribution < -0.4 is 15.2 Å². The minimum Gasteiger partial charge on any atom is -0.497 e. The second kappa shape index (κ2) is 8.25. The van der Waals surface area contributed by atoms with Gasteiger partial charge in [0.1, 0.15) is 11.5 Å². The highest BCUT2D eigenvalue weighted by Crippen LogP contribution is 2.26. The summed E-state index contributed by atoms with van der Waals surface area (Å²) >= 11 is 0. The molecule has 4 heteroatoms. The number of aryl methyl sites for hydroxylation is 1. The summed E-state index contributed by atoms with van der Waals surface area (Å²) in [6.45, 7) is 4.21. The van der Waals surface area contributed by atoms with Gasteiger partial charge < -0.3 is 20.1 Å². The normalized spacial score (nSPS) is 16.9. The molecule has 21 heavy (non-hydrogen) atoms. The van der Waals surface area contributed by atoms with E-state index in [9.17, 15) is 0 Å². The summed E-state index contributed by atoms with van der Waals surface area (Å²) in [5.41, 5.74) is 6.92. The van der Waals surface area contributed by atoms with Crippen molar-refractivity contribution in [2.45, 2.75) is 25.7 Å². The summed E-state index contributed by atoms with van der Waals surface area (Å²) < 4.78 is 10.7. The van der Waals surface area contributed by atoms with Crippen LogP contribution in [-0.4, -0.2) is 45.3 Å². The van der Waals surface area contributed by atoms with Gasteiger partial charge in [0.05, 0.1) is 14.2 Å². The minimum atomic E-state index is 0.772. The molecule has 1 aliphatic heterocycles. The molecule has 0 radical (unpaired) electrons. The largest absolute Gasteiger partial charge is 0.497 e. The fourth-order valence-electron chi connectivity index (χ4n) is 3.06. The average molecular weight is 292 g/mol. The van der Waals surface area contributed by atoms with E-state index in [-0.39, 0.29) is 0 Å². The molecular formula is C17H28N2O2. The van der Waals surface area contributed by atoms with Gasteiger partial charge in [0.25, 0.3) is 0 Å². The van der Waals surface area contributed by atoms with Crippen molar-refractivity contribution < 1.29 is 9.47 Å². The van der Waals surface area contributed by atoms with Gasteiger partial charge in [0.2, 0.25) is 0 Å². The Labute approximate surface area is 128 Å². The monoisotopic (exact) mass is 292 g/mol. The second-order valence-electron chi connectivity index (χ2n) is 5.83. The summed E-state index contributed by atoms with van der Waals surface area (Å²) in [6, 6.07) is 6.16. The molecule has 1 aromatic rings. The van der Waals surface area contributed by atoms with E-state index in [4.69, 9.17) is 15.2 Å². The van der Waals surface area contributed by atoms with Gasteiger partial charge in [-0.05, 0) is 62.4 Å². The van der Waals surface area contributed by atoms with Gasteiger partial charge in [-0.3, -0.25) is 0 Å². The van der Waals surface area contributed by atoms with Gasteiger partial charge >= 0.3 is 0 Å². The molecule has 0 bridgehead atoms. The zero-order chi connectivity index (χ0) is 15.1. The maximum Gasteiger partial charge on any atom is 0.122 e. The number of methoxy groups -OCH3 is 2. The number of nitrogens with two attached hydrogens (primary N) is 1. The lowest BCUT2D eigenvalue weighted by Crippen LogP contribution is -2.37. The van der Waals surface area contributed by atoms with Crippen LogP contribution in [0.5, 0.6) is 11.5 Å². The van der Waals surface area contributed by atoms with Crippen molar-refractivity contribution in [2.24, 2.45) is 11.7 Å². The van der Waals surface area contributed by atoms with Gasteiger partial charge in [-0.15, -0.1) is 0 Å². The first-order chi connectivity index (χ1) is 10.2. The minimum absolute atomic E-state index is 0.772. The molecule has 1 aliphatic rings. The van der Waals surface area contributed by atoms with E-state index in [1.807, 2.05) is 6.07 Å². The van der Waals surface area contributed by atoms with E-state index in [1.165, 1.54) is 37.9 Å². The number of ether oxygens (including phenoxy) is 2. The van der Waals surface area contributed by atoms with Gasteiger partial charge in [-0.25, -0.2) is 0 Å². The Morgan fingerprint density at radius 3 is 2.24 bits per heavy atom. The fraction of sp³-hybridized carbons (Fsp3) is 0.647. The lowest BCUT2D eigenvalue weighted by molar-refractivity contribution is 0.183. The van der Waals surface area contributed by atoms with E-state index in [2.05, 4.69) is 17.0 Å². The summed E-state index contributed by atoms with van der Waals surface area (Å²) in [4.78, 5) is 2.48. The van der Waals surface area contributed by atoms with Crippen LogP contribution in [0.3, 0.4) is 0 Å². The number of piperidine rings is 1. The molecule has 0 amide bonds. The van der Waals surface area contributed by atoms with E-state index in [0.717, 1.165) is 36.9 Å². The van der Waals surface area contributed by atoms with Crippen LogP contribution >= 0.6 is 0 Å². The summed E-state index contributed by atoms with van der Waals surface area (Å²) in [7, 11) is 3.40. The van der Waals surface area contributed by atoms with Crippen LogP contribution in [-0.2, 0) is 6.42 Å². The molecule has 0 unspecified atom stereocenters. The van der Waals surface area contributed by atoms with E-state index in [0.29, 0.717) is 0 Å². The van der Waals surface area contributed by atoms with Gasteiger partial charge in [-0.1, -0.05) is 0 Å². The maximum atomic E-state index is 5.62. The van der Waals surface area contributed by atoms with Gasteiger partial charge in [-0.2, -0.15) is 0 Å². The molecule has 2 rings (SSSR count). The van der Waals surface area contributed by atoms with Gasteiger partial charge in [0.15, 0.2) is 0 Å². The number of benzene rings is 1. The molecule has 2 N–H and O–H groups in total. The van der Waals surface area contributed by atoms with Crippen molar-refractivity contribution in [2.75, 3.05) is 40.4 Å². The summed E-state index contributed by atoms with van der Waals surface area (Å²) in [5, 5.41) is 0. The molecule has 4 nitrogen and oxygen atoms in total. The van der Waals surface area contributed by atoms with Crippen LogP contribution in [0.2, 0.25) is 0 Å². The molecule has 1 fully saturated rings. The van der Waals surface area contributed by atoms with E-state index < -0.39 is 0 Å². The third kappa shape index (κ3) is 4.90. The van der Waals surface area contributed by atoms with E-state index >= 15 is 0 Å². The Bertz CT molecular complexity index is 407. The quantitative estimate of drug-likeness (QED) is 0.838. The number of likely N-dealkylation sites (tertiary alicyclic amines) is 1. The number of hydrogen-bond donors (Lipinski definition) is 1. The van der Waals surface area contributed by atoms with Crippen LogP contribution in [0.25, 0.3) is 0 Å². The summed E-state index contributed by atoms with van der Waals surface area (Å²) in [5.74, 6) is 2.58. The SMILES string of the molecule is COc1cc(CCC2CCN(CCN)CC2)cc(OC)c1. The maximum absolute atomic E-state index is 5.62. The molecule has 1 heterocycles. The number of nitrogens with zero attached hydrogens (tertiary/aromatic N) is 1. The molecule has 0 aromatic heterocycles. The molecule has 0 atom stereocenters. The summed E-state index contributed by atoms with van der Waals surface area (Å²) in [6.07, 6.45) is 4.92. The fourth-order valence-corrected chi connectivity index (χ4v) is 3.06. The Morgan fingerprint density at radius 1 is 1.10 bits per heavy atom. The molecule has 0 saturated carbocycles. The highest BCUT2D eigenvalue weighted by Gasteiger charge is 2.18. The highest BCUT2D eigenvalue weighted by atomic mass is 16.5. The lowest BCUT2D eigenvalue weighted by Gasteiger charge is -2.31. The van der Waals surface area contributed by atoms with Crippen molar-refractivity contribution in [3.63, 3.8) is 0 Å². The van der Waals surface area contributed by atoms with Crippen molar-refractivity contribution in [1.82, 2.24) is 4.90 Å². The number of hydrogen-bond acceptors (Lipinski definition) is 4. The highest BCUT2D eigenvalue weighted by molar-refractivity contribution is 5.38. The average Bonchev–Trinajstić information content (AvgIpc) is 2.54. The standard InChI is InChI=1S/C17H28N2O2/c1-20-16-11-15(12-17(13-16)21-2)4-3-14-5-8-19(9-6-14)10-7-18/h11-14H,3-10,18H2,1-2H3. The molecular weight excluding hydrogens is 264 g/mol.